The molecule has 1 aromatic heterocycles. The topological polar surface area (TPSA) is 61.0 Å². The maximum absolute atomic E-state index is 5.76. The van der Waals surface area contributed by atoms with Crippen molar-refractivity contribution < 1.29 is 4.74 Å². The van der Waals surface area contributed by atoms with Gasteiger partial charge in [0, 0.05) is 6.54 Å². The van der Waals surface area contributed by atoms with E-state index in [4.69, 9.17) is 10.5 Å². The number of benzene rings is 1. The Balaban J connectivity index is 2.30. The van der Waals surface area contributed by atoms with Crippen LogP contribution in [0.3, 0.4) is 0 Å². The van der Waals surface area contributed by atoms with Crippen molar-refractivity contribution in [3.05, 3.63) is 46.9 Å². The summed E-state index contributed by atoms with van der Waals surface area (Å²) in [5, 5.41) is 0. The highest BCUT2D eigenvalue weighted by Gasteiger charge is 2.05. The van der Waals surface area contributed by atoms with Crippen LogP contribution in [0.2, 0.25) is 0 Å². The van der Waals surface area contributed by atoms with E-state index >= 15 is 0 Å². The molecule has 18 heavy (non-hydrogen) atoms. The fraction of sp³-hybridized carbons (Fsp3) is 0.286. The molecule has 0 amide bonds. The predicted octanol–water partition coefficient (Wildman–Crippen LogP) is 2.65. The van der Waals surface area contributed by atoms with Gasteiger partial charge in [-0.25, -0.2) is 4.98 Å². The average Bonchev–Trinajstić information content (AvgIpc) is 2.36. The van der Waals surface area contributed by atoms with Crippen LogP contribution in [0.4, 0.5) is 0 Å². The second kappa shape index (κ2) is 5.14. The van der Waals surface area contributed by atoms with Crippen LogP contribution in [0.15, 0.2) is 24.4 Å². The van der Waals surface area contributed by atoms with Gasteiger partial charge >= 0.3 is 0 Å². The first-order chi connectivity index (χ1) is 8.60. The van der Waals surface area contributed by atoms with Crippen LogP contribution in [0.1, 0.15) is 22.5 Å². The average molecular weight is 243 g/mol. The van der Waals surface area contributed by atoms with Crippen molar-refractivity contribution in [2.45, 2.75) is 27.3 Å². The fourth-order valence-electron chi connectivity index (χ4n) is 1.56. The van der Waals surface area contributed by atoms with Crippen molar-refractivity contribution in [1.29, 1.82) is 0 Å². The molecule has 1 aromatic carbocycles. The molecular formula is C14H17N3O. The van der Waals surface area contributed by atoms with Crippen molar-refractivity contribution in [3.8, 4) is 11.6 Å². The van der Waals surface area contributed by atoms with E-state index in [-0.39, 0.29) is 0 Å². The summed E-state index contributed by atoms with van der Waals surface area (Å²) in [7, 11) is 0. The van der Waals surface area contributed by atoms with Crippen molar-refractivity contribution in [2.75, 3.05) is 0 Å². The van der Waals surface area contributed by atoms with E-state index in [9.17, 15) is 0 Å². The number of aryl methyl sites for hydroxylation is 3. The van der Waals surface area contributed by atoms with E-state index in [1.54, 1.807) is 6.20 Å². The third-order valence-electron chi connectivity index (χ3n) is 2.87. The van der Waals surface area contributed by atoms with Gasteiger partial charge in [0.25, 0.3) is 0 Å². The molecule has 0 aliphatic heterocycles. The Morgan fingerprint density at radius 2 is 1.94 bits per heavy atom. The third-order valence-corrected chi connectivity index (χ3v) is 2.87. The van der Waals surface area contributed by atoms with Gasteiger partial charge in [0.2, 0.25) is 5.88 Å². The van der Waals surface area contributed by atoms with E-state index in [0.717, 1.165) is 28.3 Å². The zero-order valence-corrected chi connectivity index (χ0v) is 10.9. The second-order valence-corrected chi connectivity index (χ2v) is 4.29. The normalized spacial score (nSPS) is 10.4. The summed E-state index contributed by atoms with van der Waals surface area (Å²) in [6, 6.07) is 5.92. The first-order valence-corrected chi connectivity index (χ1v) is 5.88. The van der Waals surface area contributed by atoms with Gasteiger partial charge in [-0.15, -0.1) is 0 Å². The molecule has 1 heterocycles. The van der Waals surface area contributed by atoms with Crippen LogP contribution in [0.25, 0.3) is 0 Å². The van der Waals surface area contributed by atoms with E-state index in [1.807, 2.05) is 39.0 Å². The van der Waals surface area contributed by atoms with Gasteiger partial charge < -0.3 is 10.5 Å². The number of hydrogen-bond donors (Lipinski definition) is 1. The molecule has 4 nitrogen and oxygen atoms in total. The maximum atomic E-state index is 5.76. The molecule has 0 bridgehead atoms. The Labute approximate surface area is 107 Å². The van der Waals surface area contributed by atoms with E-state index < -0.39 is 0 Å². The summed E-state index contributed by atoms with van der Waals surface area (Å²) in [5.41, 5.74) is 9.49. The molecule has 94 valence electrons. The number of nitrogens with two attached hydrogens (primary N) is 1. The molecule has 0 saturated heterocycles. The van der Waals surface area contributed by atoms with Gasteiger partial charge in [0.1, 0.15) is 5.75 Å². The highest BCUT2D eigenvalue weighted by Crippen LogP contribution is 2.24. The highest BCUT2D eigenvalue weighted by atomic mass is 16.5. The zero-order chi connectivity index (χ0) is 13.1. The van der Waals surface area contributed by atoms with Crippen LogP contribution in [0, 0.1) is 20.8 Å². The molecule has 0 aliphatic rings. The largest absolute Gasteiger partial charge is 0.437 e. The minimum absolute atomic E-state index is 0.495. The molecule has 2 N–H and O–H groups in total. The zero-order valence-electron chi connectivity index (χ0n) is 10.9. The highest BCUT2D eigenvalue weighted by molar-refractivity contribution is 5.38. The van der Waals surface area contributed by atoms with Crippen molar-refractivity contribution in [1.82, 2.24) is 9.97 Å². The number of hydrogen-bond acceptors (Lipinski definition) is 4. The first kappa shape index (κ1) is 12.5. The Kier molecular flexibility index (Phi) is 3.58. The summed E-state index contributed by atoms with van der Waals surface area (Å²) >= 11 is 0. The Bertz CT molecular complexity index is 567. The lowest BCUT2D eigenvalue weighted by molar-refractivity contribution is 0.454. The van der Waals surface area contributed by atoms with Crippen LogP contribution < -0.4 is 10.5 Å². The lowest BCUT2D eigenvalue weighted by Crippen LogP contribution is -1.99. The third kappa shape index (κ3) is 2.65. The molecule has 4 heteroatoms. The standard InChI is InChI=1S/C14H17N3O/c1-9-4-5-12(7-15)6-13(9)18-14-8-16-10(2)11(3)17-14/h4-6,8H,7,15H2,1-3H3. The first-order valence-electron chi connectivity index (χ1n) is 5.88. The van der Waals surface area contributed by atoms with Gasteiger partial charge in [-0.05, 0) is 38.0 Å². The van der Waals surface area contributed by atoms with Crippen molar-refractivity contribution >= 4 is 0 Å². The smallest absolute Gasteiger partial charge is 0.238 e. The summed E-state index contributed by atoms with van der Waals surface area (Å²) in [4.78, 5) is 8.58. The molecule has 2 aromatic rings. The van der Waals surface area contributed by atoms with Crippen LogP contribution in [0.5, 0.6) is 11.6 Å². The van der Waals surface area contributed by atoms with Gasteiger partial charge in [-0.1, -0.05) is 12.1 Å². The Morgan fingerprint density at radius 1 is 1.17 bits per heavy atom. The van der Waals surface area contributed by atoms with Crippen molar-refractivity contribution in [3.63, 3.8) is 0 Å². The molecule has 0 spiro atoms. The molecule has 0 fully saturated rings. The summed E-state index contributed by atoms with van der Waals surface area (Å²) in [6.07, 6.45) is 1.64. The summed E-state index contributed by atoms with van der Waals surface area (Å²) in [5.74, 6) is 1.28. The summed E-state index contributed by atoms with van der Waals surface area (Å²) < 4.78 is 5.76. The molecule has 0 aliphatic carbocycles. The van der Waals surface area contributed by atoms with E-state index in [2.05, 4.69) is 9.97 Å². The molecule has 0 saturated carbocycles. The summed E-state index contributed by atoms with van der Waals surface area (Å²) in [6.45, 7) is 6.32. The van der Waals surface area contributed by atoms with Crippen molar-refractivity contribution in [2.24, 2.45) is 5.73 Å². The van der Waals surface area contributed by atoms with Gasteiger partial charge in [-0.3, -0.25) is 4.98 Å². The van der Waals surface area contributed by atoms with Crippen LogP contribution >= 0.6 is 0 Å². The Hall–Kier alpha value is -1.94. The van der Waals surface area contributed by atoms with E-state index in [1.165, 1.54) is 0 Å². The van der Waals surface area contributed by atoms with Crippen LogP contribution in [-0.4, -0.2) is 9.97 Å². The lowest BCUT2D eigenvalue weighted by Gasteiger charge is -2.10. The van der Waals surface area contributed by atoms with Gasteiger partial charge in [-0.2, -0.15) is 0 Å². The quantitative estimate of drug-likeness (QED) is 0.900. The second-order valence-electron chi connectivity index (χ2n) is 4.29. The Morgan fingerprint density at radius 3 is 2.61 bits per heavy atom. The predicted molar refractivity (Wildman–Crippen MR) is 70.7 cm³/mol. The van der Waals surface area contributed by atoms with Gasteiger partial charge in [0.05, 0.1) is 17.6 Å². The number of aromatic nitrogens is 2. The number of rotatable bonds is 3. The molecule has 2 rings (SSSR count). The minimum Gasteiger partial charge on any atom is -0.437 e. The molecule has 0 atom stereocenters. The molecule has 0 radical (unpaired) electrons. The minimum atomic E-state index is 0.495. The fourth-order valence-corrected chi connectivity index (χ4v) is 1.56. The van der Waals surface area contributed by atoms with E-state index in [0.29, 0.717) is 12.4 Å². The lowest BCUT2D eigenvalue weighted by atomic mass is 10.1. The molecular weight excluding hydrogens is 226 g/mol. The van der Waals surface area contributed by atoms with Gasteiger partial charge in [0.15, 0.2) is 0 Å². The van der Waals surface area contributed by atoms with Crippen LogP contribution in [-0.2, 0) is 6.54 Å². The monoisotopic (exact) mass is 243 g/mol. The number of ether oxygens (including phenoxy) is 1. The molecule has 0 unspecified atom stereocenters. The number of nitrogens with zero attached hydrogens (tertiary/aromatic N) is 2. The SMILES string of the molecule is Cc1ccc(CN)cc1Oc1cnc(C)c(C)n1. The maximum Gasteiger partial charge on any atom is 0.238 e.